The van der Waals surface area contributed by atoms with Crippen molar-refractivity contribution in [2.45, 2.75) is 17.9 Å². The SMILES string of the molecule is COc1ccccc1C(C)N(C)C(=O)c1ccc(Cl)c(S(=O)(=O)Nc2ccc(F)cc2)c1. The molecule has 6 nitrogen and oxygen atoms in total. The van der Waals surface area contributed by atoms with Crippen LogP contribution in [0.5, 0.6) is 5.75 Å². The lowest BCUT2D eigenvalue weighted by Gasteiger charge is -2.27. The number of amides is 1. The monoisotopic (exact) mass is 476 g/mol. The third kappa shape index (κ3) is 5.03. The van der Waals surface area contributed by atoms with E-state index in [0.29, 0.717) is 5.75 Å². The number of methoxy groups -OCH3 is 1. The molecule has 0 aliphatic heterocycles. The lowest BCUT2D eigenvalue weighted by molar-refractivity contribution is 0.0741. The van der Waals surface area contributed by atoms with E-state index in [4.69, 9.17) is 16.3 Å². The number of carbonyl (C=O) groups is 1. The molecule has 0 spiro atoms. The van der Waals surface area contributed by atoms with E-state index in [0.717, 1.165) is 17.7 Å². The number of hydrogen-bond donors (Lipinski definition) is 1. The first-order valence-electron chi connectivity index (χ1n) is 9.62. The van der Waals surface area contributed by atoms with Crippen molar-refractivity contribution in [3.63, 3.8) is 0 Å². The van der Waals surface area contributed by atoms with Crippen LogP contribution in [0.4, 0.5) is 10.1 Å². The van der Waals surface area contributed by atoms with Crippen LogP contribution >= 0.6 is 11.6 Å². The molecule has 1 atom stereocenters. The number of rotatable bonds is 7. The van der Waals surface area contributed by atoms with Gasteiger partial charge in [-0.05, 0) is 55.5 Å². The third-order valence-electron chi connectivity index (χ3n) is 5.05. The Kier molecular flexibility index (Phi) is 7.06. The number of carbonyl (C=O) groups excluding carboxylic acids is 1. The zero-order chi connectivity index (χ0) is 23.5. The van der Waals surface area contributed by atoms with E-state index in [-0.39, 0.29) is 27.2 Å². The fourth-order valence-corrected chi connectivity index (χ4v) is 4.76. The first kappa shape index (κ1) is 23.6. The predicted octanol–water partition coefficient (Wildman–Crippen LogP) is 5.12. The van der Waals surface area contributed by atoms with Gasteiger partial charge in [-0.1, -0.05) is 29.8 Å². The average molecular weight is 477 g/mol. The van der Waals surface area contributed by atoms with E-state index in [9.17, 15) is 17.6 Å². The Labute approximate surface area is 191 Å². The van der Waals surface area contributed by atoms with E-state index in [2.05, 4.69) is 4.72 Å². The van der Waals surface area contributed by atoms with Crippen LogP contribution in [0.25, 0.3) is 0 Å². The van der Waals surface area contributed by atoms with Gasteiger partial charge in [-0.25, -0.2) is 12.8 Å². The molecule has 3 rings (SSSR count). The Morgan fingerprint density at radius 1 is 1.09 bits per heavy atom. The van der Waals surface area contributed by atoms with Crippen LogP contribution in [-0.2, 0) is 10.0 Å². The number of benzene rings is 3. The Balaban J connectivity index is 1.90. The lowest BCUT2D eigenvalue weighted by atomic mass is 10.0. The molecular formula is C23H22ClFN2O4S. The van der Waals surface area contributed by atoms with Gasteiger partial charge in [0.2, 0.25) is 0 Å². The fraction of sp³-hybridized carbons (Fsp3) is 0.174. The molecule has 0 bridgehead atoms. The maximum Gasteiger partial charge on any atom is 0.263 e. The molecule has 0 fully saturated rings. The van der Waals surface area contributed by atoms with Gasteiger partial charge in [0.1, 0.15) is 16.5 Å². The standard InChI is InChI=1S/C23H22ClFN2O4S/c1-15(19-6-4-5-7-21(19)31-3)27(2)23(28)16-8-13-20(24)22(14-16)32(29,30)26-18-11-9-17(25)10-12-18/h4-15,26H,1-3H3. The van der Waals surface area contributed by atoms with Crippen LogP contribution in [0.3, 0.4) is 0 Å². The summed E-state index contributed by atoms with van der Waals surface area (Å²) in [7, 11) is -0.939. The normalized spacial score (nSPS) is 12.2. The van der Waals surface area contributed by atoms with Crippen LogP contribution in [0.15, 0.2) is 71.6 Å². The van der Waals surface area contributed by atoms with Crippen LogP contribution in [0.1, 0.15) is 28.9 Å². The number of ether oxygens (including phenoxy) is 1. The second-order valence-electron chi connectivity index (χ2n) is 7.09. The van der Waals surface area contributed by atoms with E-state index < -0.39 is 21.7 Å². The van der Waals surface area contributed by atoms with Gasteiger partial charge in [0.25, 0.3) is 15.9 Å². The van der Waals surface area contributed by atoms with Gasteiger partial charge >= 0.3 is 0 Å². The topological polar surface area (TPSA) is 75.7 Å². The molecule has 1 amide bonds. The molecule has 0 aliphatic carbocycles. The summed E-state index contributed by atoms with van der Waals surface area (Å²) >= 11 is 6.13. The molecule has 3 aromatic carbocycles. The first-order chi connectivity index (χ1) is 15.1. The van der Waals surface area contributed by atoms with Gasteiger partial charge < -0.3 is 9.64 Å². The first-order valence-corrected chi connectivity index (χ1v) is 11.5. The highest BCUT2D eigenvalue weighted by Crippen LogP contribution is 2.30. The highest BCUT2D eigenvalue weighted by molar-refractivity contribution is 7.92. The molecule has 168 valence electrons. The van der Waals surface area contributed by atoms with Crippen molar-refractivity contribution in [2.75, 3.05) is 18.9 Å². The number of sulfonamides is 1. The van der Waals surface area contributed by atoms with Crippen molar-refractivity contribution < 1.29 is 22.3 Å². The smallest absolute Gasteiger partial charge is 0.263 e. The molecule has 3 aromatic rings. The molecule has 1 N–H and O–H groups in total. The largest absolute Gasteiger partial charge is 0.496 e. The number of nitrogens with one attached hydrogen (secondary N) is 1. The zero-order valence-corrected chi connectivity index (χ0v) is 19.2. The third-order valence-corrected chi connectivity index (χ3v) is 6.92. The summed E-state index contributed by atoms with van der Waals surface area (Å²) in [5.41, 5.74) is 1.13. The fourth-order valence-electron chi connectivity index (χ4n) is 3.17. The van der Waals surface area contributed by atoms with Gasteiger partial charge in [-0.2, -0.15) is 0 Å². The minimum absolute atomic E-state index is 0.0448. The summed E-state index contributed by atoms with van der Waals surface area (Å²) < 4.78 is 46.6. The van der Waals surface area contributed by atoms with Crippen LogP contribution < -0.4 is 9.46 Å². The lowest BCUT2D eigenvalue weighted by Crippen LogP contribution is -2.30. The van der Waals surface area contributed by atoms with E-state index >= 15 is 0 Å². The number of para-hydroxylation sites is 1. The van der Waals surface area contributed by atoms with Crippen molar-refractivity contribution in [1.29, 1.82) is 0 Å². The van der Waals surface area contributed by atoms with Crippen molar-refractivity contribution in [1.82, 2.24) is 4.90 Å². The maximum atomic E-state index is 13.1. The molecule has 32 heavy (non-hydrogen) atoms. The van der Waals surface area contributed by atoms with Crippen molar-refractivity contribution in [3.05, 3.63) is 88.7 Å². The number of anilines is 1. The Morgan fingerprint density at radius 2 is 1.75 bits per heavy atom. The summed E-state index contributed by atoms with van der Waals surface area (Å²) in [6, 6.07) is 15.9. The molecule has 0 radical (unpaired) electrons. The van der Waals surface area contributed by atoms with Crippen LogP contribution in [-0.4, -0.2) is 33.4 Å². The summed E-state index contributed by atoms with van der Waals surface area (Å²) in [6.07, 6.45) is 0. The number of hydrogen-bond acceptors (Lipinski definition) is 4. The van der Waals surface area contributed by atoms with Gasteiger partial charge in [-0.3, -0.25) is 9.52 Å². The second kappa shape index (κ2) is 9.58. The Hall–Kier alpha value is -3.10. The van der Waals surface area contributed by atoms with Crippen LogP contribution in [0.2, 0.25) is 5.02 Å². The summed E-state index contributed by atoms with van der Waals surface area (Å²) in [6.45, 7) is 1.85. The Morgan fingerprint density at radius 3 is 2.41 bits per heavy atom. The minimum atomic E-state index is -4.12. The molecule has 9 heteroatoms. The predicted molar refractivity (Wildman–Crippen MR) is 122 cm³/mol. The summed E-state index contributed by atoms with van der Waals surface area (Å²) in [4.78, 5) is 14.4. The quantitative estimate of drug-likeness (QED) is 0.513. The van der Waals surface area contributed by atoms with E-state index in [1.54, 1.807) is 20.2 Å². The summed E-state index contributed by atoms with van der Waals surface area (Å²) in [5.74, 6) is -0.244. The minimum Gasteiger partial charge on any atom is -0.496 e. The van der Waals surface area contributed by atoms with Crippen LogP contribution in [0, 0.1) is 5.82 Å². The molecular weight excluding hydrogens is 455 g/mol. The van der Waals surface area contributed by atoms with Gasteiger partial charge in [0, 0.05) is 23.9 Å². The van der Waals surface area contributed by atoms with Gasteiger partial charge in [0.05, 0.1) is 18.2 Å². The highest BCUT2D eigenvalue weighted by Gasteiger charge is 2.25. The molecule has 0 aromatic heterocycles. The number of halogens is 2. The van der Waals surface area contributed by atoms with Gasteiger partial charge in [0.15, 0.2) is 0 Å². The molecule has 0 saturated heterocycles. The summed E-state index contributed by atoms with van der Waals surface area (Å²) in [5, 5.41) is -0.0448. The Bertz CT molecular complexity index is 1230. The highest BCUT2D eigenvalue weighted by atomic mass is 35.5. The zero-order valence-electron chi connectivity index (χ0n) is 17.7. The van der Waals surface area contributed by atoms with Crippen molar-refractivity contribution >= 4 is 33.2 Å². The molecule has 0 saturated carbocycles. The molecule has 1 unspecified atom stereocenters. The van der Waals surface area contributed by atoms with Crippen molar-refractivity contribution in [3.8, 4) is 5.75 Å². The second-order valence-corrected chi connectivity index (χ2v) is 9.15. The van der Waals surface area contributed by atoms with Gasteiger partial charge in [-0.15, -0.1) is 0 Å². The maximum absolute atomic E-state index is 13.1. The molecule has 0 aliphatic rings. The van der Waals surface area contributed by atoms with E-state index in [1.165, 1.54) is 35.2 Å². The van der Waals surface area contributed by atoms with E-state index in [1.807, 2.05) is 25.1 Å². The molecule has 0 heterocycles. The average Bonchev–Trinajstić information content (AvgIpc) is 2.79. The number of nitrogens with zero attached hydrogens (tertiary/aromatic N) is 1. The van der Waals surface area contributed by atoms with Crippen molar-refractivity contribution in [2.24, 2.45) is 0 Å².